The van der Waals surface area contributed by atoms with Crippen molar-refractivity contribution in [1.29, 1.82) is 0 Å². The van der Waals surface area contributed by atoms with Crippen LogP contribution in [0.1, 0.15) is 11.4 Å². The Hall–Kier alpha value is -6.16. The first-order chi connectivity index (χ1) is 24.6. The van der Waals surface area contributed by atoms with Gasteiger partial charge in [-0.3, -0.25) is 20.0 Å². The third-order valence-corrected chi connectivity index (χ3v) is 5.84. The van der Waals surface area contributed by atoms with Gasteiger partial charge in [0, 0.05) is 12.4 Å². The molecule has 0 aliphatic rings. The molecule has 13 heteroatoms. The van der Waals surface area contributed by atoms with E-state index in [9.17, 15) is 0 Å². The van der Waals surface area contributed by atoms with Crippen molar-refractivity contribution < 1.29 is 17.1 Å². The quantitative estimate of drug-likeness (QED) is 0.0661. The summed E-state index contributed by atoms with van der Waals surface area (Å²) in [6.45, 7) is 0. The number of azo groups is 2. The molecule has 2 aromatic heterocycles. The maximum absolute atomic E-state index is 7.13. The van der Waals surface area contributed by atoms with E-state index in [2.05, 4.69) is 64.8 Å². The molecule has 0 unspecified atom stereocenters. The normalized spacial score (nSPS) is 10.0. The van der Waals surface area contributed by atoms with Crippen molar-refractivity contribution in [2.75, 3.05) is 0 Å². The zero-order valence-corrected chi connectivity index (χ0v) is 29.5. The van der Waals surface area contributed by atoms with Gasteiger partial charge in [0.2, 0.25) is 0 Å². The molecule has 0 amide bonds. The summed E-state index contributed by atoms with van der Waals surface area (Å²) in [6.07, 6.45) is 6.96. The van der Waals surface area contributed by atoms with Gasteiger partial charge in [0.15, 0.2) is 0 Å². The second-order valence-electron chi connectivity index (χ2n) is 9.31. The van der Waals surface area contributed by atoms with Crippen LogP contribution in [0.25, 0.3) is 10.8 Å². The van der Waals surface area contributed by atoms with Crippen LogP contribution in [0.3, 0.4) is 0 Å². The molecule has 0 saturated heterocycles. The Bertz CT molecular complexity index is 1730. The van der Waals surface area contributed by atoms with Gasteiger partial charge in [-0.05, 0) is 97.1 Å². The van der Waals surface area contributed by atoms with Gasteiger partial charge in [0.1, 0.15) is 0 Å². The molecule has 250 valence electrons. The number of aliphatic imine (C=N–C) groups is 2. The summed E-state index contributed by atoms with van der Waals surface area (Å²) in [6, 6.07) is 45.9. The smallest absolute Gasteiger partial charge is 0.753 e. The molecule has 0 radical (unpaired) electrons. The Labute approximate surface area is 317 Å². The molecule has 0 fully saturated rings. The molecule has 2 heterocycles. The van der Waals surface area contributed by atoms with Gasteiger partial charge in [-0.2, -0.15) is 30.8 Å². The van der Waals surface area contributed by atoms with Crippen LogP contribution in [0.5, 0.6) is 0 Å². The Morgan fingerprint density at radius 3 is 0.980 bits per heavy atom. The summed E-state index contributed by atoms with van der Waals surface area (Å²) >= 11 is 7.40. The van der Waals surface area contributed by atoms with Crippen LogP contribution in [0, 0.1) is 0 Å². The van der Waals surface area contributed by atoms with Gasteiger partial charge in [-0.1, -0.05) is 73.0 Å². The second kappa shape index (κ2) is 25.8. The standard InChI is InChI=1S/2C18H14N4.2CNS.Fe/c2*1-2-6-16(7-3-1)21-22-17-11-9-15(10-12-17)20-14-18-8-4-5-13-19-18;2*2-1-3;/h2*1-14H;;;/q;;2*-1;+2. The molecule has 51 heavy (non-hydrogen) atoms. The van der Waals surface area contributed by atoms with E-state index >= 15 is 0 Å². The molecule has 4 aromatic carbocycles. The fourth-order valence-corrected chi connectivity index (χ4v) is 3.62. The van der Waals surface area contributed by atoms with Gasteiger partial charge >= 0.3 is 17.1 Å². The predicted octanol–water partition coefficient (Wildman–Crippen LogP) is 11.8. The second-order valence-corrected chi connectivity index (χ2v) is 9.68. The van der Waals surface area contributed by atoms with E-state index in [4.69, 9.17) is 10.8 Å². The molecule has 0 atom stereocenters. The number of benzene rings is 4. The molecule has 0 bridgehead atoms. The number of hydrogen-bond acceptors (Lipinski definition) is 10. The number of nitrogens with zero attached hydrogens (tertiary/aromatic N) is 10. The average molecular weight is 745 g/mol. The van der Waals surface area contributed by atoms with Crippen LogP contribution in [0.4, 0.5) is 34.1 Å². The fourth-order valence-electron chi connectivity index (χ4n) is 3.62. The van der Waals surface area contributed by atoms with E-state index in [1.807, 2.05) is 146 Å². The summed E-state index contributed by atoms with van der Waals surface area (Å²) < 4.78 is 0. The largest absolute Gasteiger partial charge is 2.00 e. The SMILES string of the molecule is C(=Nc1ccc(N=Nc2ccccc2)cc1)c1ccccn1.C(=Nc1ccc(N=Nc2ccccc2)cc1)c1ccccn1.[Fe+2].[N-]=C=S.[N-]=C=S. The topological polar surface area (TPSA) is 145 Å². The Morgan fingerprint density at radius 1 is 0.412 bits per heavy atom. The van der Waals surface area contributed by atoms with Crippen LogP contribution in [0.2, 0.25) is 0 Å². The number of hydrogen-bond donors (Lipinski definition) is 0. The van der Waals surface area contributed by atoms with Crippen LogP contribution in [-0.4, -0.2) is 32.7 Å². The van der Waals surface area contributed by atoms with E-state index in [0.717, 1.165) is 45.5 Å². The molecule has 0 aliphatic heterocycles. The monoisotopic (exact) mass is 744 g/mol. The Balaban J connectivity index is 0.000000301. The van der Waals surface area contributed by atoms with Crippen molar-refractivity contribution in [3.63, 3.8) is 0 Å². The summed E-state index contributed by atoms with van der Waals surface area (Å²) in [5.74, 6) is 0. The predicted molar refractivity (Wildman–Crippen MR) is 209 cm³/mol. The van der Waals surface area contributed by atoms with Gasteiger partial charge < -0.3 is 10.8 Å². The van der Waals surface area contributed by atoms with Gasteiger partial charge in [0.05, 0.1) is 57.9 Å². The molecular weight excluding hydrogens is 716 g/mol. The summed E-state index contributed by atoms with van der Waals surface area (Å²) in [5.41, 5.74) is 6.61. The van der Waals surface area contributed by atoms with Crippen LogP contribution < -0.4 is 0 Å². The molecule has 6 rings (SSSR count). The van der Waals surface area contributed by atoms with Crippen molar-refractivity contribution in [2.45, 2.75) is 0 Å². The van der Waals surface area contributed by atoms with E-state index in [1.54, 1.807) is 24.8 Å². The van der Waals surface area contributed by atoms with E-state index in [0.29, 0.717) is 0 Å². The fraction of sp³-hybridized carbons (Fsp3) is 0. The zero-order valence-electron chi connectivity index (χ0n) is 26.8. The van der Waals surface area contributed by atoms with Gasteiger partial charge in [0.25, 0.3) is 0 Å². The van der Waals surface area contributed by atoms with Crippen LogP contribution in [-0.2, 0) is 17.1 Å². The molecule has 0 spiro atoms. The molecule has 6 aromatic rings. The van der Waals surface area contributed by atoms with Crippen molar-refractivity contribution in [1.82, 2.24) is 9.97 Å². The zero-order chi connectivity index (χ0) is 35.5. The first kappa shape index (κ1) is 41.0. The van der Waals surface area contributed by atoms with E-state index in [-0.39, 0.29) is 17.1 Å². The van der Waals surface area contributed by atoms with Crippen molar-refractivity contribution in [3.8, 4) is 0 Å². The summed E-state index contributed by atoms with van der Waals surface area (Å²) in [5, 5.41) is 33.7. The number of isothiocyanates is 2. The Morgan fingerprint density at radius 2 is 0.686 bits per heavy atom. The first-order valence-electron chi connectivity index (χ1n) is 14.7. The molecule has 0 saturated carbocycles. The van der Waals surface area contributed by atoms with Crippen molar-refractivity contribution >= 4 is 81.3 Å². The maximum Gasteiger partial charge on any atom is 2.00 e. The summed E-state index contributed by atoms with van der Waals surface area (Å²) in [7, 11) is 0. The first-order valence-corrected chi connectivity index (χ1v) is 15.5. The minimum absolute atomic E-state index is 0. The third-order valence-electron chi connectivity index (χ3n) is 5.84. The van der Waals surface area contributed by atoms with Crippen LogP contribution >= 0.6 is 24.4 Å². The van der Waals surface area contributed by atoms with Gasteiger partial charge in [-0.15, -0.1) is 0 Å². The number of aromatic nitrogens is 2. The van der Waals surface area contributed by atoms with E-state index in [1.165, 1.54) is 10.3 Å². The maximum atomic E-state index is 7.13. The number of rotatable bonds is 8. The molecular formula is C38H28FeN10S2. The van der Waals surface area contributed by atoms with Crippen molar-refractivity contribution in [3.05, 3.63) is 180 Å². The molecule has 0 aliphatic carbocycles. The molecule has 0 N–H and O–H groups in total. The Kier molecular flexibility index (Phi) is 20.7. The summed E-state index contributed by atoms with van der Waals surface area (Å²) in [4.78, 5) is 17.1. The number of pyridine rings is 2. The number of thiocarbonyl (C=S) groups is 2. The van der Waals surface area contributed by atoms with Gasteiger partial charge in [-0.25, -0.2) is 0 Å². The van der Waals surface area contributed by atoms with E-state index < -0.39 is 0 Å². The minimum Gasteiger partial charge on any atom is -0.753 e. The minimum atomic E-state index is 0. The molecule has 10 nitrogen and oxygen atoms in total. The van der Waals surface area contributed by atoms with Crippen molar-refractivity contribution in [2.24, 2.45) is 30.4 Å². The average Bonchev–Trinajstić information content (AvgIpc) is 3.18. The third kappa shape index (κ3) is 17.7. The van der Waals surface area contributed by atoms with Crippen LogP contribution in [0.15, 0.2) is 188 Å².